The van der Waals surface area contributed by atoms with Gasteiger partial charge in [0.1, 0.15) is 0 Å². The van der Waals surface area contributed by atoms with Crippen LogP contribution in [0.15, 0.2) is 6.20 Å². The SMILES string of the molecule is COCC1(C(=O)NCc2cn[nH]c2C)CCNCC1. The molecule has 1 aromatic rings. The van der Waals surface area contributed by atoms with Gasteiger partial charge >= 0.3 is 0 Å². The Morgan fingerprint density at radius 2 is 2.26 bits per heavy atom. The average Bonchev–Trinajstić information content (AvgIpc) is 2.83. The molecule has 6 heteroatoms. The van der Waals surface area contributed by atoms with E-state index >= 15 is 0 Å². The number of aryl methyl sites for hydroxylation is 1. The van der Waals surface area contributed by atoms with Crippen molar-refractivity contribution in [2.45, 2.75) is 26.3 Å². The van der Waals surface area contributed by atoms with Crippen molar-refractivity contribution in [1.82, 2.24) is 20.8 Å². The number of nitrogens with one attached hydrogen (secondary N) is 3. The molecule has 0 saturated carbocycles. The molecule has 3 N–H and O–H groups in total. The van der Waals surface area contributed by atoms with E-state index < -0.39 is 5.41 Å². The number of nitrogens with zero attached hydrogens (tertiary/aromatic N) is 1. The smallest absolute Gasteiger partial charge is 0.228 e. The minimum Gasteiger partial charge on any atom is -0.384 e. The van der Waals surface area contributed by atoms with Crippen molar-refractivity contribution >= 4 is 5.91 Å². The molecule has 0 unspecified atom stereocenters. The summed E-state index contributed by atoms with van der Waals surface area (Å²) in [4.78, 5) is 12.5. The quantitative estimate of drug-likeness (QED) is 0.718. The number of ether oxygens (including phenoxy) is 1. The van der Waals surface area contributed by atoms with E-state index in [1.807, 2.05) is 6.92 Å². The second-order valence-electron chi connectivity index (χ2n) is 5.17. The van der Waals surface area contributed by atoms with Gasteiger partial charge in [-0.15, -0.1) is 0 Å². The Morgan fingerprint density at radius 3 is 2.84 bits per heavy atom. The summed E-state index contributed by atoms with van der Waals surface area (Å²) < 4.78 is 5.26. The topological polar surface area (TPSA) is 79.0 Å². The number of carbonyl (C=O) groups is 1. The highest BCUT2D eigenvalue weighted by Gasteiger charge is 2.39. The van der Waals surface area contributed by atoms with Crippen LogP contribution in [0.5, 0.6) is 0 Å². The third kappa shape index (κ3) is 3.13. The summed E-state index contributed by atoms with van der Waals surface area (Å²) in [7, 11) is 1.65. The number of aromatic nitrogens is 2. The number of H-pyrrole nitrogens is 1. The fourth-order valence-electron chi connectivity index (χ4n) is 2.54. The normalized spacial score (nSPS) is 18.2. The van der Waals surface area contributed by atoms with Gasteiger partial charge in [0.15, 0.2) is 0 Å². The van der Waals surface area contributed by atoms with Crippen LogP contribution in [-0.2, 0) is 16.1 Å². The highest BCUT2D eigenvalue weighted by atomic mass is 16.5. The second kappa shape index (κ2) is 6.16. The summed E-state index contributed by atoms with van der Waals surface area (Å²) in [5.41, 5.74) is 1.62. The zero-order valence-electron chi connectivity index (χ0n) is 11.6. The van der Waals surface area contributed by atoms with Crippen molar-refractivity contribution in [1.29, 1.82) is 0 Å². The minimum absolute atomic E-state index is 0.0800. The van der Waals surface area contributed by atoms with Crippen LogP contribution in [0.1, 0.15) is 24.1 Å². The summed E-state index contributed by atoms with van der Waals surface area (Å²) in [6.07, 6.45) is 3.38. The van der Waals surface area contributed by atoms with Crippen molar-refractivity contribution in [2.75, 3.05) is 26.8 Å². The zero-order valence-corrected chi connectivity index (χ0v) is 11.6. The predicted octanol–water partition coefficient (Wildman–Crippen LogP) is 0.351. The molecule has 6 nitrogen and oxygen atoms in total. The molecule has 19 heavy (non-hydrogen) atoms. The monoisotopic (exact) mass is 266 g/mol. The molecular formula is C13H22N4O2. The van der Waals surface area contributed by atoms with Gasteiger partial charge in [-0.3, -0.25) is 9.89 Å². The van der Waals surface area contributed by atoms with Crippen molar-refractivity contribution in [2.24, 2.45) is 5.41 Å². The zero-order chi connectivity index (χ0) is 13.7. The van der Waals surface area contributed by atoms with E-state index in [0.717, 1.165) is 37.2 Å². The molecule has 1 saturated heterocycles. The van der Waals surface area contributed by atoms with Gasteiger partial charge in [0, 0.05) is 24.9 Å². The van der Waals surface area contributed by atoms with Gasteiger partial charge in [-0.25, -0.2) is 0 Å². The standard InChI is InChI=1S/C13H22N4O2/c1-10-11(8-16-17-10)7-15-12(18)13(9-19-2)3-5-14-6-4-13/h8,14H,3-7,9H2,1-2H3,(H,15,18)(H,16,17). The van der Waals surface area contributed by atoms with E-state index in [1.165, 1.54) is 0 Å². The van der Waals surface area contributed by atoms with Gasteiger partial charge in [-0.2, -0.15) is 5.10 Å². The molecule has 0 radical (unpaired) electrons. The third-order valence-electron chi connectivity index (χ3n) is 3.84. The lowest BCUT2D eigenvalue weighted by atomic mass is 9.78. The number of hydrogen-bond donors (Lipinski definition) is 3. The predicted molar refractivity (Wildman–Crippen MR) is 71.6 cm³/mol. The molecule has 1 amide bonds. The highest BCUT2D eigenvalue weighted by Crippen LogP contribution is 2.29. The first-order valence-electron chi connectivity index (χ1n) is 6.65. The Labute approximate surface area is 113 Å². The summed E-state index contributed by atoms with van der Waals surface area (Å²) in [5, 5.41) is 13.1. The lowest BCUT2D eigenvalue weighted by Gasteiger charge is -2.35. The van der Waals surface area contributed by atoms with E-state index in [0.29, 0.717) is 13.2 Å². The van der Waals surface area contributed by atoms with Gasteiger partial charge in [0.2, 0.25) is 5.91 Å². The summed E-state index contributed by atoms with van der Waals surface area (Å²) in [6, 6.07) is 0. The molecule has 1 fully saturated rings. The maximum absolute atomic E-state index is 12.5. The first-order valence-corrected chi connectivity index (χ1v) is 6.65. The van der Waals surface area contributed by atoms with E-state index in [4.69, 9.17) is 4.74 Å². The van der Waals surface area contributed by atoms with Gasteiger partial charge < -0.3 is 15.4 Å². The molecule has 1 aliphatic heterocycles. The molecule has 1 aromatic heterocycles. The Hall–Kier alpha value is -1.40. The Bertz CT molecular complexity index is 419. The van der Waals surface area contributed by atoms with Crippen molar-refractivity contribution in [3.63, 3.8) is 0 Å². The molecule has 0 aromatic carbocycles. The Kier molecular flexibility index (Phi) is 4.55. The first-order chi connectivity index (χ1) is 9.18. The van der Waals surface area contributed by atoms with Crippen LogP contribution in [0.3, 0.4) is 0 Å². The van der Waals surface area contributed by atoms with Crippen LogP contribution in [0, 0.1) is 12.3 Å². The number of amides is 1. The number of piperidine rings is 1. The minimum atomic E-state index is -0.391. The van der Waals surface area contributed by atoms with E-state index in [9.17, 15) is 4.79 Å². The average molecular weight is 266 g/mol. The molecule has 0 spiro atoms. The lowest BCUT2D eigenvalue weighted by molar-refractivity contribution is -0.136. The molecule has 0 aliphatic carbocycles. The van der Waals surface area contributed by atoms with Gasteiger partial charge in [-0.05, 0) is 32.9 Å². The van der Waals surface area contributed by atoms with Crippen molar-refractivity contribution < 1.29 is 9.53 Å². The van der Waals surface area contributed by atoms with E-state index in [1.54, 1.807) is 13.3 Å². The lowest BCUT2D eigenvalue weighted by Crippen LogP contribution is -2.50. The molecule has 2 rings (SSSR count). The van der Waals surface area contributed by atoms with Crippen LogP contribution in [-0.4, -0.2) is 42.9 Å². The highest BCUT2D eigenvalue weighted by molar-refractivity contribution is 5.83. The number of aromatic amines is 1. The van der Waals surface area contributed by atoms with E-state index in [2.05, 4.69) is 20.8 Å². The first kappa shape index (κ1) is 14.0. The molecule has 106 valence electrons. The van der Waals surface area contributed by atoms with Crippen LogP contribution in [0.25, 0.3) is 0 Å². The molecule has 0 bridgehead atoms. The molecule has 1 aliphatic rings. The van der Waals surface area contributed by atoms with Crippen LogP contribution in [0.4, 0.5) is 0 Å². The number of hydrogen-bond acceptors (Lipinski definition) is 4. The molecule has 0 atom stereocenters. The van der Waals surface area contributed by atoms with Gasteiger partial charge in [-0.1, -0.05) is 0 Å². The summed E-state index contributed by atoms with van der Waals surface area (Å²) in [6.45, 7) is 4.66. The Morgan fingerprint density at radius 1 is 1.53 bits per heavy atom. The maximum atomic E-state index is 12.5. The molecule has 2 heterocycles. The van der Waals surface area contributed by atoms with Crippen molar-refractivity contribution in [3.8, 4) is 0 Å². The van der Waals surface area contributed by atoms with Gasteiger partial charge in [0.25, 0.3) is 0 Å². The Balaban J connectivity index is 1.97. The fraction of sp³-hybridized carbons (Fsp3) is 0.692. The van der Waals surface area contributed by atoms with E-state index in [-0.39, 0.29) is 5.91 Å². The van der Waals surface area contributed by atoms with Crippen LogP contribution < -0.4 is 10.6 Å². The number of carbonyl (C=O) groups excluding carboxylic acids is 1. The molecular weight excluding hydrogens is 244 g/mol. The number of methoxy groups -OCH3 is 1. The number of rotatable bonds is 5. The summed E-state index contributed by atoms with van der Waals surface area (Å²) >= 11 is 0. The van der Waals surface area contributed by atoms with Crippen LogP contribution in [0.2, 0.25) is 0 Å². The largest absolute Gasteiger partial charge is 0.384 e. The van der Waals surface area contributed by atoms with Gasteiger partial charge in [0.05, 0.1) is 18.2 Å². The fourth-order valence-corrected chi connectivity index (χ4v) is 2.54. The van der Waals surface area contributed by atoms with Crippen LogP contribution >= 0.6 is 0 Å². The second-order valence-corrected chi connectivity index (χ2v) is 5.17. The van der Waals surface area contributed by atoms with Crippen molar-refractivity contribution in [3.05, 3.63) is 17.5 Å². The summed E-state index contributed by atoms with van der Waals surface area (Å²) in [5.74, 6) is 0.0800. The maximum Gasteiger partial charge on any atom is 0.228 e. The third-order valence-corrected chi connectivity index (χ3v) is 3.84.